The van der Waals surface area contributed by atoms with Crippen LogP contribution in [0.4, 0.5) is 13.6 Å². The van der Waals surface area contributed by atoms with Gasteiger partial charge in [0.25, 0.3) is 5.23 Å². The van der Waals surface area contributed by atoms with E-state index in [1.807, 2.05) is 0 Å². The minimum Gasteiger partial charge on any atom is -0.385 e. The van der Waals surface area contributed by atoms with Crippen molar-refractivity contribution in [2.75, 3.05) is 6.67 Å². The van der Waals surface area contributed by atoms with Crippen LogP contribution in [-0.2, 0) is 10.3 Å². The van der Waals surface area contributed by atoms with Crippen molar-refractivity contribution in [3.8, 4) is 0 Å². The molecule has 2 rings (SSSR count). The monoisotopic (exact) mass is 362 g/mol. The second-order valence-corrected chi connectivity index (χ2v) is 5.67. The number of carbonyl (C=O) groups is 1. The summed E-state index contributed by atoms with van der Waals surface area (Å²) in [6.07, 6.45) is 0.352. The van der Waals surface area contributed by atoms with Gasteiger partial charge in [-0.1, -0.05) is 15.9 Å². The summed E-state index contributed by atoms with van der Waals surface area (Å²) >= 11 is 4.16. The summed E-state index contributed by atoms with van der Waals surface area (Å²) in [6, 6.07) is 4.13. The average Bonchev–Trinajstić information content (AvgIpc) is 2.41. The minimum atomic E-state index is -1.57. The van der Waals surface area contributed by atoms with Gasteiger partial charge in [0.2, 0.25) is 0 Å². The Bertz CT molecular complexity index is 609. The molecule has 1 aromatic carbocycles. The number of thioether (sulfide) groups is 1. The van der Waals surface area contributed by atoms with Crippen LogP contribution in [0.3, 0.4) is 0 Å². The second kappa shape index (κ2) is 5.92. The Labute approximate surface area is 126 Å². The molecule has 1 atom stereocenters. The molecule has 0 aliphatic carbocycles. The summed E-state index contributed by atoms with van der Waals surface area (Å²) in [5.41, 5.74) is 3.36. The van der Waals surface area contributed by atoms with Crippen molar-refractivity contribution in [1.82, 2.24) is 0 Å². The molecule has 8 heteroatoms. The molecule has 1 aliphatic heterocycles. The molecule has 106 valence electrons. The molecule has 0 fully saturated rings. The van der Waals surface area contributed by atoms with Gasteiger partial charge in [-0.25, -0.2) is 18.6 Å². The number of hydrogen-bond acceptors (Lipinski definition) is 4. The van der Waals surface area contributed by atoms with Gasteiger partial charge in [-0.3, -0.25) is 0 Å². The van der Waals surface area contributed by atoms with Gasteiger partial charge in [-0.2, -0.15) is 0 Å². The number of ether oxygens (including phenoxy) is 1. The van der Waals surface area contributed by atoms with Crippen molar-refractivity contribution < 1.29 is 18.3 Å². The second-order valence-electron chi connectivity index (χ2n) is 3.90. The van der Waals surface area contributed by atoms with Gasteiger partial charge in [0.05, 0.1) is 0 Å². The van der Waals surface area contributed by atoms with Gasteiger partial charge >= 0.3 is 6.09 Å². The molecule has 2 N–H and O–H groups in total. The van der Waals surface area contributed by atoms with Crippen LogP contribution in [0.5, 0.6) is 0 Å². The van der Waals surface area contributed by atoms with Crippen LogP contribution in [0.25, 0.3) is 0 Å². The lowest BCUT2D eigenvalue weighted by Gasteiger charge is -2.27. The van der Waals surface area contributed by atoms with E-state index in [9.17, 15) is 13.6 Å². The molecular weight excluding hydrogens is 354 g/mol. The van der Waals surface area contributed by atoms with Crippen LogP contribution in [0, 0.1) is 5.82 Å². The summed E-state index contributed by atoms with van der Waals surface area (Å²) in [4.78, 5) is 14.7. The van der Waals surface area contributed by atoms with Gasteiger partial charge < -0.3 is 10.5 Å². The molecule has 0 spiro atoms. The molecule has 20 heavy (non-hydrogen) atoms. The Balaban J connectivity index is 2.50. The number of primary amides is 1. The first-order valence-corrected chi connectivity index (χ1v) is 7.07. The normalized spacial score (nSPS) is 21.4. The summed E-state index contributed by atoms with van der Waals surface area (Å²) in [7, 11) is 0. The first-order valence-electron chi connectivity index (χ1n) is 5.40. The summed E-state index contributed by atoms with van der Waals surface area (Å²) in [5, 5.41) is 1.35. The first-order chi connectivity index (χ1) is 9.47. The standard InChI is InChI=1S/C12H9BrF2N2O2S/c13-7-1-2-9(15)8(5-7)12(6-14)3-4-20-11(17-12)19-10(16)18/h1-5H,6H2,(H2,16,18)/t12-/m1/s1. The van der Waals surface area contributed by atoms with Crippen molar-refractivity contribution in [1.29, 1.82) is 0 Å². The molecule has 0 radical (unpaired) electrons. The van der Waals surface area contributed by atoms with Gasteiger partial charge in [0.15, 0.2) is 0 Å². The number of amides is 1. The highest BCUT2D eigenvalue weighted by Crippen LogP contribution is 2.37. The molecule has 1 aliphatic rings. The van der Waals surface area contributed by atoms with Crippen LogP contribution >= 0.6 is 27.7 Å². The molecule has 4 nitrogen and oxygen atoms in total. The molecule has 1 amide bonds. The highest BCUT2D eigenvalue weighted by atomic mass is 79.9. The van der Waals surface area contributed by atoms with Gasteiger partial charge in [0.1, 0.15) is 18.0 Å². The van der Waals surface area contributed by atoms with Crippen molar-refractivity contribution in [3.05, 3.63) is 45.5 Å². The maximum absolute atomic E-state index is 13.9. The highest BCUT2D eigenvalue weighted by molar-refractivity contribution is 9.10. The van der Waals surface area contributed by atoms with Crippen LogP contribution in [0.2, 0.25) is 0 Å². The Hall–Kier alpha value is -1.41. The molecule has 1 aromatic rings. The van der Waals surface area contributed by atoms with Crippen molar-refractivity contribution in [2.45, 2.75) is 5.54 Å². The fraction of sp³-hybridized carbons (Fsp3) is 0.167. The molecule has 0 aromatic heterocycles. The predicted octanol–water partition coefficient (Wildman–Crippen LogP) is 3.46. The molecule has 0 saturated heterocycles. The number of aliphatic imine (C=N–C) groups is 1. The summed E-state index contributed by atoms with van der Waals surface area (Å²) in [6.45, 7) is -0.983. The van der Waals surface area contributed by atoms with Crippen LogP contribution in [0.15, 0.2) is 39.1 Å². The minimum absolute atomic E-state index is 0.0384. The zero-order valence-electron chi connectivity index (χ0n) is 9.98. The van der Waals surface area contributed by atoms with Crippen LogP contribution in [0.1, 0.15) is 5.56 Å². The predicted molar refractivity (Wildman–Crippen MR) is 76.6 cm³/mol. The zero-order chi connectivity index (χ0) is 14.8. The number of alkyl halides is 1. The number of nitrogens with zero attached hydrogens (tertiary/aromatic N) is 1. The summed E-state index contributed by atoms with van der Waals surface area (Å²) in [5.74, 6) is -0.607. The van der Waals surface area contributed by atoms with Crippen LogP contribution < -0.4 is 5.73 Å². The van der Waals surface area contributed by atoms with E-state index in [4.69, 9.17) is 5.73 Å². The lowest BCUT2D eigenvalue weighted by atomic mass is 9.91. The first kappa shape index (κ1) is 15.0. The third-order valence-corrected chi connectivity index (χ3v) is 3.73. The van der Waals surface area contributed by atoms with Gasteiger partial charge in [0, 0.05) is 10.0 Å². The van der Waals surface area contributed by atoms with E-state index in [-0.39, 0.29) is 10.8 Å². The van der Waals surface area contributed by atoms with E-state index in [1.54, 1.807) is 0 Å². The third-order valence-electron chi connectivity index (χ3n) is 2.59. The van der Waals surface area contributed by atoms with Gasteiger partial charge in [-0.15, -0.1) is 0 Å². The fourth-order valence-electron chi connectivity index (χ4n) is 1.69. The molecule has 1 heterocycles. The molecular formula is C12H9BrF2N2O2S. The quantitative estimate of drug-likeness (QED) is 0.875. The van der Waals surface area contributed by atoms with E-state index < -0.39 is 24.1 Å². The maximum Gasteiger partial charge on any atom is 0.411 e. The SMILES string of the molecule is NC(=O)OC1=N[C@](CF)(c2cc(Br)ccc2F)C=CS1. The number of rotatable bonds is 2. The third kappa shape index (κ3) is 3.01. The van der Waals surface area contributed by atoms with E-state index in [1.165, 1.54) is 29.7 Å². The van der Waals surface area contributed by atoms with E-state index in [0.29, 0.717) is 4.47 Å². The van der Waals surface area contributed by atoms with Crippen molar-refractivity contribution >= 4 is 39.0 Å². The topological polar surface area (TPSA) is 64.7 Å². The Morgan fingerprint density at radius 3 is 2.95 bits per heavy atom. The zero-order valence-corrected chi connectivity index (χ0v) is 12.4. The Morgan fingerprint density at radius 1 is 1.55 bits per heavy atom. The van der Waals surface area contributed by atoms with Crippen molar-refractivity contribution in [2.24, 2.45) is 10.7 Å². The van der Waals surface area contributed by atoms with Gasteiger partial charge in [-0.05, 0) is 41.4 Å². The smallest absolute Gasteiger partial charge is 0.385 e. The number of carbonyl (C=O) groups excluding carboxylic acids is 1. The lowest BCUT2D eigenvalue weighted by Crippen LogP contribution is -2.30. The highest BCUT2D eigenvalue weighted by Gasteiger charge is 2.35. The lowest BCUT2D eigenvalue weighted by molar-refractivity contribution is 0.208. The molecule has 0 bridgehead atoms. The molecule has 0 unspecified atom stereocenters. The number of hydrogen-bond donors (Lipinski definition) is 1. The summed E-state index contributed by atoms with van der Waals surface area (Å²) < 4.78 is 32.7. The Morgan fingerprint density at radius 2 is 2.30 bits per heavy atom. The number of nitrogens with two attached hydrogens (primary N) is 1. The maximum atomic E-state index is 13.9. The van der Waals surface area contributed by atoms with E-state index >= 15 is 0 Å². The fourth-order valence-corrected chi connectivity index (χ4v) is 2.81. The van der Waals surface area contributed by atoms with E-state index in [2.05, 4.69) is 25.7 Å². The van der Waals surface area contributed by atoms with Crippen LogP contribution in [-0.4, -0.2) is 18.0 Å². The van der Waals surface area contributed by atoms with Crippen molar-refractivity contribution in [3.63, 3.8) is 0 Å². The van der Waals surface area contributed by atoms with E-state index in [0.717, 1.165) is 11.8 Å². The average molecular weight is 363 g/mol. The largest absolute Gasteiger partial charge is 0.411 e. The molecule has 0 saturated carbocycles. The Kier molecular flexibility index (Phi) is 4.44. The number of benzene rings is 1. The number of halogens is 3.